The van der Waals surface area contributed by atoms with Crippen molar-refractivity contribution < 1.29 is 9.53 Å². The Morgan fingerprint density at radius 1 is 1.22 bits per heavy atom. The topological polar surface area (TPSA) is 50.7 Å². The number of ether oxygens (including phenoxy) is 1. The average molecular weight is 329 g/mol. The van der Waals surface area contributed by atoms with E-state index < -0.39 is 0 Å². The molecule has 5 heteroatoms. The maximum Gasteiger partial charge on any atom is 0.277 e. The van der Waals surface area contributed by atoms with Gasteiger partial charge in [0, 0.05) is 5.02 Å². The van der Waals surface area contributed by atoms with Crippen LogP contribution in [0.1, 0.15) is 12.5 Å². The van der Waals surface area contributed by atoms with Gasteiger partial charge < -0.3 is 4.74 Å². The zero-order valence-electron chi connectivity index (χ0n) is 12.7. The van der Waals surface area contributed by atoms with Crippen LogP contribution in [0.2, 0.25) is 5.02 Å². The Labute approximate surface area is 140 Å². The van der Waals surface area contributed by atoms with Crippen LogP contribution in [0.15, 0.2) is 65.8 Å². The Bertz CT molecular complexity index is 712. The number of benzene rings is 2. The van der Waals surface area contributed by atoms with E-state index in [2.05, 4.69) is 10.5 Å². The second kappa shape index (κ2) is 8.76. The Balaban J connectivity index is 1.79. The van der Waals surface area contributed by atoms with Gasteiger partial charge in [0.15, 0.2) is 6.61 Å². The molecule has 1 N–H and O–H groups in total. The van der Waals surface area contributed by atoms with Crippen LogP contribution in [0.5, 0.6) is 5.75 Å². The first-order valence-electron chi connectivity index (χ1n) is 7.08. The Morgan fingerprint density at radius 3 is 2.74 bits per heavy atom. The number of nitrogens with one attached hydrogen (secondary N) is 1. The number of hydrogen-bond donors (Lipinski definition) is 1. The largest absolute Gasteiger partial charge is 0.484 e. The number of rotatable bonds is 6. The van der Waals surface area contributed by atoms with Crippen molar-refractivity contribution in [3.63, 3.8) is 0 Å². The molecule has 2 aromatic carbocycles. The molecule has 0 bridgehead atoms. The highest BCUT2D eigenvalue weighted by Crippen LogP contribution is 2.16. The quantitative estimate of drug-likeness (QED) is 0.645. The van der Waals surface area contributed by atoms with Gasteiger partial charge in [0.05, 0.1) is 5.71 Å². The minimum Gasteiger partial charge on any atom is -0.484 e. The van der Waals surface area contributed by atoms with Gasteiger partial charge >= 0.3 is 0 Å². The molecule has 0 spiro atoms. The molecule has 23 heavy (non-hydrogen) atoms. The maximum absolute atomic E-state index is 11.7. The average Bonchev–Trinajstić information content (AvgIpc) is 2.57. The fraction of sp³-hybridized carbons (Fsp3) is 0.111. The van der Waals surface area contributed by atoms with E-state index in [0.29, 0.717) is 16.5 Å². The van der Waals surface area contributed by atoms with Gasteiger partial charge in [-0.3, -0.25) is 4.79 Å². The molecule has 0 aliphatic carbocycles. The third-order valence-electron chi connectivity index (χ3n) is 2.84. The Hall–Kier alpha value is -2.59. The van der Waals surface area contributed by atoms with E-state index in [9.17, 15) is 4.79 Å². The van der Waals surface area contributed by atoms with Crippen LogP contribution in [-0.4, -0.2) is 18.2 Å². The number of halogens is 1. The second-order valence-electron chi connectivity index (χ2n) is 4.78. The summed E-state index contributed by atoms with van der Waals surface area (Å²) in [6.07, 6.45) is 3.75. The number of hydrazone groups is 1. The lowest BCUT2D eigenvalue weighted by Crippen LogP contribution is -2.25. The van der Waals surface area contributed by atoms with Crippen LogP contribution >= 0.6 is 11.6 Å². The van der Waals surface area contributed by atoms with Gasteiger partial charge in [0.1, 0.15) is 5.75 Å². The van der Waals surface area contributed by atoms with Crippen molar-refractivity contribution in [3.8, 4) is 5.75 Å². The number of amides is 1. The molecule has 0 saturated carbocycles. The molecule has 118 valence electrons. The molecule has 0 fully saturated rings. The van der Waals surface area contributed by atoms with E-state index in [1.54, 1.807) is 31.2 Å². The zero-order chi connectivity index (χ0) is 16.5. The molecule has 0 saturated heterocycles. The minimum absolute atomic E-state index is 0.125. The van der Waals surface area contributed by atoms with Crippen molar-refractivity contribution in [2.45, 2.75) is 6.92 Å². The number of allylic oxidation sites excluding steroid dienone is 1. The van der Waals surface area contributed by atoms with E-state index in [-0.39, 0.29) is 12.5 Å². The van der Waals surface area contributed by atoms with Gasteiger partial charge in [-0.05, 0) is 36.8 Å². The second-order valence-corrected chi connectivity index (χ2v) is 5.21. The zero-order valence-corrected chi connectivity index (χ0v) is 13.5. The highest BCUT2D eigenvalue weighted by Gasteiger charge is 2.02. The predicted molar refractivity (Wildman–Crippen MR) is 93.7 cm³/mol. The summed E-state index contributed by atoms with van der Waals surface area (Å²) in [5.41, 5.74) is 4.20. The fourth-order valence-electron chi connectivity index (χ4n) is 1.71. The fourth-order valence-corrected chi connectivity index (χ4v) is 1.89. The normalized spacial score (nSPS) is 11.5. The molecule has 0 unspecified atom stereocenters. The first-order valence-corrected chi connectivity index (χ1v) is 7.46. The molecule has 0 radical (unpaired) electrons. The lowest BCUT2D eigenvalue weighted by molar-refractivity contribution is -0.123. The molecule has 2 aromatic rings. The first-order chi connectivity index (χ1) is 11.1. The van der Waals surface area contributed by atoms with Gasteiger partial charge in [-0.25, -0.2) is 5.43 Å². The van der Waals surface area contributed by atoms with Crippen molar-refractivity contribution in [1.29, 1.82) is 0 Å². The summed E-state index contributed by atoms with van der Waals surface area (Å²) in [7, 11) is 0. The van der Waals surface area contributed by atoms with Gasteiger partial charge in [0.25, 0.3) is 5.91 Å². The van der Waals surface area contributed by atoms with Crippen molar-refractivity contribution in [1.82, 2.24) is 5.43 Å². The molecule has 0 aliphatic heterocycles. The third kappa shape index (κ3) is 6.36. The van der Waals surface area contributed by atoms with Crippen LogP contribution in [0, 0.1) is 0 Å². The van der Waals surface area contributed by atoms with E-state index >= 15 is 0 Å². The smallest absolute Gasteiger partial charge is 0.277 e. The van der Waals surface area contributed by atoms with Crippen molar-refractivity contribution in [2.24, 2.45) is 5.10 Å². The lowest BCUT2D eigenvalue weighted by Gasteiger charge is -2.05. The van der Waals surface area contributed by atoms with Gasteiger partial charge in [-0.1, -0.05) is 54.1 Å². The SMILES string of the molecule is CC(C=Cc1ccccc1)=NNC(=O)COc1cccc(Cl)c1. The molecule has 0 heterocycles. The maximum atomic E-state index is 11.7. The monoisotopic (exact) mass is 328 g/mol. The summed E-state index contributed by atoms with van der Waals surface area (Å²) in [5.74, 6) is 0.203. The van der Waals surface area contributed by atoms with Gasteiger partial charge in [0.2, 0.25) is 0 Å². The van der Waals surface area contributed by atoms with Crippen LogP contribution in [0.3, 0.4) is 0 Å². The van der Waals surface area contributed by atoms with Crippen LogP contribution in [0.4, 0.5) is 0 Å². The highest BCUT2D eigenvalue weighted by atomic mass is 35.5. The van der Waals surface area contributed by atoms with E-state index in [0.717, 1.165) is 5.56 Å². The van der Waals surface area contributed by atoms with Crippen LogP contribution < -0.4 is 10.2 Å². The Kier molecular flexibility index (Phi) is 6.39. The van der Waals surface area contributed by atoms with E-state index in [4.69, 9.17) is 16.3 Å². The first kappa shape index (κ1) is 16.8. The number of nitrogens with zero attached hydrogens (tertiary/aromatic N) is 1. The number of hydrogen-bond acceptors (Lipinski definition) is 3. The minimum atomic E-state index is -0.336. The van der Waals surface area contributed by atoms with E-state index in [1.807, 2.05) is 42.5 Å². The van der Waals surface area contributed by atoms with Crippen molar-refractivity contribution in [2.75, 3.05) is 6.61 Å². The van der Waals surface area contributed by atoms with Gasteiger partial charge in [-0.2, -0.15) is 5.10 Å². The van der Waals surface area contributed by atoms with E-state index in [1.165, 1.54) is 0 Å². The molecule has 0 aromatic heterocycles. The highest BCUT2D eigenvalue weighted by molar-refractivity contribution is 6.30. The summed E-state index contributed by atoms with van der Waals surface area (Å²) in [4.78, 5) is 11.7. The van der Waals surface area contributed by atoms with Gasteiger partial charge in [-0.15, -0.1) is 0 Å². The van der Waals surface area contributed by atoms with Crippen LogP contribution in [0.25, 0.3) is 6.08 Å². The van der Waals surface area contributed by atoms with Crippen LogP contribution in [-0.2, 0) is 4.79 Å². The molecular formula is C18H17ClN2O2. The molecule has 2 rings (SSSR count). The molecule has 0 aliphatic rings. The molecule has 0 atom stereocenters. The lowest BCUT2D eigenvalue weighted by atomic mass is 10.2. The standard InChI is InChI=1S/C18H17ClN2O2/c1-14(10-11-15-6-3-2-4-7-15)20-21-18(22)13-23-17-9-5-8-16(19)12-17/h2-12H,13H2,1H3,(H,21,22). The molecule has 4 nitrogen and oxygen atoms in total. The van der Waals surface area contributed by atoms with Crippen molar-refractivity contribution >= 4 is 29.3 Å². The Morgan fingerprint density at radius 2 is 2.00 bits per heavy atom. The molecule has 1 amide bonds. The predicted octanol–water partition coefficient (Wildman–Crippen LogP) is 3.92. The summed E-state index contributed by atoms with van der Waals surface area (Å²) >= 11 is 5.84. The summed E-state index contributed by atoms with van der Waals surface area (Å²) in [5, 5.41) is 4.55. The number of carbonyl (C=O) groups is 1. The summed E-state index contributed by atoms with van der Waals surface area (Å²) < 4.78 is 5.33. The summed E-state index contributed by atoms with van der Waals surface area (Å²) in [6, 6.07) is 16.7. The van der Waals surface area contributed by atoms with Crippen molar-refractivity contribution in [3.05, 3.63) is 71.3 Å². The number of carbonyl (C=O) groups excluding carboxylic acids is 1. The third-order valence-corrected chi connectivity index (χ3v) is 3.07. The molecular weight excluding hydrogens is 312 g/mol. The summed E-state index contributed by atoms with van der Waals surface area (Å²) in [6.45, 7) is 1.68.